The highest BCUT2D eigenvalue weighted by Gasteiger charge is 2.58. The summed E-state index contributed by atoms with van der Waals surface area (Å²) in [6, 6.07) is 14.0. The molecule has 0 spiro atoms. The molecule has 146 valence electrons. The van der Waals surface area contributed by atoms with Gasteiger partial charge in [-0.2, -0.15) is 0 Å². The van der Waals surface area contributed by atoms with Gasteiger partial charge in [-0.25, -0.2) is 9.69 Å². The number of benzene rings is 2. The molecule has 0 radical (unpaired) electrons. The standard InChI is InChI=1S/C21H16N2O5S/c1-27-12-9-5-8-11-13-14-17(29-18(22)15(13)21(26)28-16(11)12)20(25)23(19(14)24)10-6-3-2-4-7-10/h2-9,13-14,17H,22H2,1H3/t13-,14+,17+/m1/s1. The summed E-state index contributed by atoms with van der Waals surface area (Å²) in [5, 5.41) is -0.493. The predicted molar refractivity (Wildman–Crippen MR) is 106 cm³/mol. The molecule has 7 nitrogen and oxygen atoms in total. The van der Waals surface area contributed by atoms with Crippen LogP contribution in [0.25, 0.3) is 0 Å². The Hall–Kier alpha value is -3.26. The molecule has 2 amide bonds. The van der Waals surface area contributed by atoms with Crippen LogP contribution in [0, 0.1) is 5.92 Å². The lowest BCUT2D eigenvalue weighted by Crippen LogP contribution is -2.39. The minimum absolute atomic E-state index is 0.214. The fourth-order valence-corrected chi connectivity index (χ4v) is 5.48. The highest BCUT2D eigenvalue weighted by molar-refractivity contribution is 8.04. The van der Waals surface area contributed by atoms with Gasteiger partial charge >= 0.3 is 5.97 Å². The molecule has 2 aromatic carbocycles. The number of fused-ring (bicyclic) bond motifs is 5. The Morgan fingerprint density at radius 3 is 2.52 bits per heavy atom. The number of anilines is 1. The van der Waals surface area contributed by atoms with Crippen LogP contribution in [0.1, 0.15) is 11.5 Å². The third-order valence-corrected chi connectivity index (χ3v) is 6.70. The largest absolute Gasteiger partial charge is 0.493 e. The van der Waals surface area contributed by atoms with E-state index in [1.54, 1.807) is 42.5 Å². The molecule has 0 aromatic heterocycles. The van der Waals surface area contributed by atoms with Crippen molar-refractivity contribution in [2.24, 2.45) is 11.7 Å². The average molecular weight is 408 g/mol. The first-order valence-electron chi connectivity index (χ1n) is 9.01. The Labute approximate surface area is 170 Å². The van der Waals surface area contributed by atoms with Gasteiger partial charge in [0.2, 0.25) is 11.8 Å². The van der Waals surface area contributed by atoms with E-state index in [1.807, 2.05) is 6.07 Å². The number of hydrogen-bond acceptors (Lipinski definition) is 7. The molecule has 29 heavy (non-hydrogen) atoms. The quantitative estimate of drug-likeness (QED) is 0.462. The smallest absolute Gasteiger partial charge is 0.342 e. The van der Waals surface area contributed by atoms with Gasteiger partial charge in [0, 0.05) is 11.5 Å². The Kier molecular flexibility index (Phi) is 3.92. The number of methoxy groups -OCH3 is 1. The second-order valence-electron chi connectivity index (χ2n) is 6.94. The summed E-state index contributed by atoms with van der Waals surface area (Å²) in [4.78, 5) is 40.5. The number of carbonyl (C=O) groups excluding carboxylic acids is 3. The minimum Gasteiger partial charge on any atom is -0.493 e. The van der Waals surface area contributed by atoms with Crippen molar-refractivity contribution in [3.63, 3.8) is 0 Å². The zero-order valence-electron chi connectivity index (χ0n) is 15.3. The third-order valence-electron chi connectivity index (χ3n) is 5.48. The lowest BCUT2D eigenvalue weighted by molar-refractivity contribution is -0.132. The topological polar surface area (TPSA) is 98.9 Å². The zero-order chi connectivity index (χ0) is 20.3. The molecule has 1 saturated heterocycles. The number of hydrogen-bond donors (Lipinski definition) is 1. The molecule has 0 bridgehead atoms. The maximum absolute atomic E-state index is 13.4. The molecule has 3 atom stereocenters. The van der Waals surface area contributed by atoms with Crippen molar-refractivity contribution >= 4 is 35.2 Å². The van der Waals surface area contributed by atoms with Gasteiger partial charge in [-0.05, 0) is 18.2 Å². The maximum atomic E-state index is 13.4. The van der Waals surface area contributed by atoms with E-state index in [2.05, 4.69) is 0 Å². The van der Waals surface area contributed by atoms with E-state index in [4.69, 9.17) is 15.2 Å². The number of esters is 1. The summed E-state index contributed by atoms with van der Waals surface area (Å²) >= 11 is 1.05. The molecule has 3 heterocycles. The van der Waals surface area contributed by atoms with E-state index < -0.39 is 23.1 Å². The molecule has 2 aromatic rings. The Bertz CT molecular complexity index is 1100. The number of para-hydroxylation sites is 2. The molecular formula is C21H16N2O5S. The van der Waals surface area contributed by atoms with Crippen molar-refractivity contribution in [1.29, 1.82) is 0 Å². The van der Waals surface area contributed by atoms with Gasteiger partial charge in [0.25, 0.3) is 0 Å². The first-order chi connectivity index (χ1) is 14.0. The molecule has 2 N–H and O–H groups in total. The molecule has 1 fully saturated rings. The Balaban J connectivity index is 1.69. The van der Waals surface area contributed by atoms with E-state index in [1.165, 1.54) is 12.0 Å². The summed E-state index contributed by atoms with van der Waals surface area (Å²) in [6.07, 6.45) is 0. The molecule has 0 unspecified atom stereocenters. The van der Waals surface area contributed by atoms with Crippen LogP contribution in [-0.4, -0.2) is 30.1 Å². The fraction of sp³-hybridized carbons (Fsp3) is 0.190. The number of amides is 2. The highest BCUT2D eigenvalue weighted by Crippen LogP contribution is 2.55. The number of imide groups is 1. The van der Waals surface area contributed by atoms with Gasteiger partial charge in [-0.1, -0.05) is 42.1 Å². The van der Waals surface area contributed by atoms with Crippen LogP contribution in [0.4, 0.5) is 5.69 Å². The van der Waals surface area contributed by atoms with E-state index in [-0.39, 0.29) is 28.2 Å². The highest BCUT2D eigenvalue weighted by atomic mass is 32.2. The minimum atomic E-state index is -0.756. The van der Waals surface area contributed by atoms with Gasteiger partial charge in [0.15, 0.2) is 11.5 Å². The van der Waals surface area contributed by atoms with Crippen LogP contribution < -0.4 is 20.1 Å². The van der Waals surface area contributed by atoms with Crippen LogP contribution in [0.3, 0.4) is 0 Å². The number of rotatable bonds is 2. The van der Waals surface area contributed by atoms with Crippen molar-refractivity contribution in [1.82, 2.24) is 0 Å². The summed E-state index contributed by atoms with van der Waals surface area (Å²) in [6.45, 7) is 0. The van der Waals surface area contributed by atoms with Crippen LogP contribution in [0.2, 0.25) is 0 Å². The van der Waals surface area contributed by atoms with Crippen molar-refractivity contribution in [3.8, 4) is 11.5 Å². The monoisotopic (exact) mass is 408 g/mol. The summed E-state index contributed by atoms with van der Waals surface area (Å²) in [5.41, 5.74) is 7.53. The summed E-state index contributed by atoms with van der Waals surface area (Å²) < 4.78 is 10.8. The molecule has 3 aliphatic heterocycles. The average Bonchev–Trinajstić information content (AvgIpc) is 2.97. The zero-order valence-corrected chi connectivity index (χ0v) is 16.1. The second-order valence-corrected chi connectivity index (χ2v) is 8.12. The van der Waals surface area contributed by atoms with Gasteiger partial charge in [0.05, 0.1) is 29.3 Å². The number of thioether (sulfide) groups is 1. The van der Waals surface area contributed by atoms with Crippen molar-refractivity contribution in [2.75, 3.05) is 12.0 Å². The number of carbonyl (C=O) groups is 3. The van der Waals surface area contributed by atoms with Crippen molar-refractivity contribution < 1.29 is 23.9 Å². The van der Waals surface area contributed by atoms with E-state index >= 15 is 0 Å². The lowest BCUT2D eigenvalue weighted by atomic mass is 9.77. The molecule has 5 rings (SSSR count). The van der Waals surface area contributed by atoms with Gasteiger partial charge < -0.3 is 15.2 Å². The molecule has 0 saturated carbocycles. The molecule has 0 aliphatic carbocycles. The van der Waals surface area contributed by atoms with Gasteiger partial charge in [0.1, 0.15) is 5.25 Å². The van der Waals surface area contributed by atoms with E-state index in [0.717, 1.165) is 11.8 Å². The van der Waals surface area contributed by atoms with E-state index in [0.29, 0.717) is 17.0 Å². The van der Waals surface area contributed by atoms with Crippen molar-refractivity contribution in [3.05, 3.63) is 64.7 Å². The first-order valence-corrected chi connectivity index (χ1v) is 9.89. The predicted octanol–water partition coefficient (Wildman–Crippen LogP) is 2.17. The second kappa shape index (κ2) is 6.38. The number of nitrogens with two attached hydrogens (primary N) is 1. The lowest BCUT2D eigenvalue weighted by Gasteiger charge is -2.36. The maximum Gasteiger partial charge on any atom is 0.342 e. The summed E-state index contributed by atoms with van der Waals surface area (Å²) in [7, 11) is 1.48. The van der Waals surface area contributed by atoms with Crippen LogP contribution in [0.15, 0.2) is 59.1 Å². The number of ether oxygens (including phenoxy) is 2. The van der Waals surface area contributed by atoms with Crippen molar-refractivity contribution in [2.45, 2.75) is 11.2 Å². The fourth-order valence-electron chi connectivity index (χ4n) is 4.25. The van der Waals surface area contributed by atoms with Gasteiger partial charge in [-0.15, -0.1) is 0 Å². The summed E-state index contributed by atoms with van der Waals surface area (Å²) in [5.74, 6) is -2.07. The first kappa shape index (κ1) is 17.8. The van der Waals surface area contributed by atoms with Crippen LogP contribution in [0.5, 0.6) is 11.5 Å². The normalized spacial score (nSPS) is 25.3. The molecule has 3 aliphatic rings. The van der Waals surface area contributed by atoms with Crippen LogP contribution >= 0.6 is 11.8 Å². The van der Waals surface area contributed by atoms with Crippen LogP contribution in [-0.2, 0) is 14.4 Å². The van der Waals surface area contributed by atoms with Gasteiger partial charge in [-0.3, -0.25) is 9.59 Å². The molecular weight excluding hydrogens is 392 g/mol. The molecule has 8 heteroatoms. The third kappa shape index (κ3) is 2.42. The Morgan fingerprint density at radius 1 is 1.03 bits per heavy atom. The Morgan fingerprint density at radius 2 is 1.79 bits per heavy atom. The number of nitrogens with zero attached hydrogens (tertiary/aromatic N) is 1. The van der Waals surface area contributed by atoms with E-state index in [9.17, 15) is 14.4 Å². The SMILES string of the molecule is COc1cccc2c1OC(=O)C1=C(N)S[C@@H]3C(=O)N(c4ccccc4)C(=O)[C@H]3[C@H]12.